The van der Waals surface area contributed by atoms with Gasteiger partial charge in [-0.2, -0.15) is 0 Å². The number of methoxy groups -OCH3 is 1. The van der Waals surface area contributed by atoms with Gasteiger partial charge in [0.05, 0.1) is 18.5 Å². The molecule has 0 saturated heterocycles. The number of esters is 1. The van der Waals surface area contributed by atoms with Crippen LogP contribution in [0.2, 0.25) is 0 Å². The Morgan fingerprint density at radius 2 is 1.96 bits per heavy atom. The second-order valence-electron chi connectivity index (χ2n) is 5.91. The van der Waals surface area contributed by atoms with Gasteiger partial charge in [-0.05, 0) is 36.8 Å². The zero-order valence-corrected chi connectivity index (χ0v) is 15.2. The molecule has 0 bridgehead atoms. The summed E-state index contributed by atoms with van der Waals surface area (Å²) in [6.07, 6.45) is -0.664. The molecule has 2 aromatic carbocycles. The smallest absolute Gasteiger partial charge is 0.311 e. The number of hydrogen-bond donors (Lipinski definition) is 0. The van der Waals surface area contributed by atoms with Crippen molar-refractivity contribution in [1.29, 1.82) is 0 Å². The maximum Gasteiger partial charge on any atom is 0.311 e. The van der Waals surface area contributed by atoms with Crippen molar-refractivity contribution in [2.75, 3.05) is 7.11 Å². The van der Waals surface area contributed by atoms with Crippen LogP contribution in [0.1, 0.15) is 24.5 Å². The molecule has 3 rings (SSSR count). The van der Waals surface area contributed by atoms with E-state index in [9.17, 15) is 14.9 Å². The fraction of sp³-hybridized carbons (Fsp3) is 0.211. The summed E-state index contributed by atoms with van der Waals surface area (Å²) >= 11 is 0. The van der Waals surface area contributed by atoms with E-state index < -0.39 is 17.0 Å². The summed E-state index contributed by atoms with van der Waals surface area (Å²) in [5.74, 6) is 0.520. The van der Waals surface area contributed by atoms with Gasteiger partial charge in [0.2, 0.25) is 5.89 Å². The SMILES string of the molecule is COc1cccc(CC(=O)O[C@H](C)c2nnc(-c3ccc([N+](=O)[O-])cc3)o2)c1. The molecule has 0 N–H and O–H groups in total. The summed E-state index contributed by atoms with van der Waals surface area (Å²) < 4.78 is 16.0. The molecule has 9 nitrogen and oxygen atoms in total. The Kier molecular flexibility index (Phi) is 5.64. The van der Waals surface area contributed by atoms with Crippen molar-refractivity contribution in [3.8, 4) is 17.2 Å². The predicted molar refractivity (Wildman–Crippen MR) is 97.6 cm³/mol. The standard InChI is InChI=1S/C19H17N3O6/c1-12(27-17(23)11-13-4-3-5-16(10-13)26-2)18-20-21-19(28-18)14-6-8-15(9-7-14)22(24)25/h3-10,12H,11H2,1-2H3/t12-/m1/s1. The van der Waals surface area contributed by atoms with Crippen molar-refractivity contribution < 1.29 is 23.6 Å². The van der Waals surface area contributed by atoms with E-state index in [4.69, 9.17) is 13.9 Å². The molecule has 0 spiro atoms. The maximum atomic E-state index is 12.2. The average molecular weight is 383 g/mol. The first kappa shape index (κ1) is 19.0. The molecule has 0 unspecified atom stereocenters. The van der Waals surface area contributed by atoms with Crippen LogP contribution in [-0.2, 0) is 16.0 Å². The molecule has 0 aliphatic heterocycles. The van der Waals surface area contributed by atoms with Gasteiger partial charge in [-0.1, -0.05) is 12.1 Å². The van der Waals surface area contributed by atoms with Gasteiger partial charge in [0, 0.05) is 17.7 Å². The summed E-state index contributed by atoms with van der Waals surface area (Å²) in [5, 5.41) is 18.5. The number of ether oxygens (including phenoxy) is 2. The Labute approximate surface area is 160 Å². The third-order valence-corrected chi connectivity index (χ3v) is 3.90. The fourth-order valence-electron chi connectivity index (χ4n) is 2.48. The molecule has 1 aromatic heterocycles. The van der Waals surface area contributed by atoms with E-state index in [0.717, 1.165) is 5.56 Å². The second-order valence-corrected chi connectivity index (χ2v) is 5.91. The van der Waals surface area contributed by atoms with E-state index in [0.29, 0.717) is 11.3 Å². The molecule has 0 saturated carbocycles. The summed E-state index contributed by atoms with van der Waals surface area (Å²) in [4.78, 5) is 22.4. The number of nitro benzene ring substituents is 1. The van der Waals surface area contributed by atoms with Gasteiger partial charge in [-0.25, -0.2) is 0 Å². The summed E-state index contributed by atoms with van der Waals surface area (Å²) in [6.45, 7) is 1.62. The highest BCUT2D eigenvalue weighted by Gasteiger charge is 2.19. The first-order chi connectivity index (χ1) is 13.5. The molecule has 28 heavy (non-hydrogen) atoms. The third kappa shape index (κ3) is 4.50. The van der Waals surface area contributed by atoms with Gasteiger partial charge in [0.1, 0.15) is 5.75 Å². The van der Waals surface area contributed by atoms with Gasteiger partial charge >= 0.3 is 5.97 Å². The zero-order chi connectivity index (χ0) is 20.1. The van der Waals surface area contributed by atoms with E-state index >= 15 is 0 Å². The largest absolute Gasteiger partial charge is 0.497 e. The molecular weight excluding hydrogens is 366 g/mol. The number of hydrogen-bond acceptors (Lipinski definition) is 8. The molecule has 9 heteroatoms. The van der Waals surface area contributed by atoms with Crippen LogP contribution < -0.4 is 4.74 Å². The van der Waals surface area contributed by atoms with Gasteiger partial charge in [0.15, 0.2) is 6.10 Å². The number of nitrogens with zero attached hydrogens (tertiary/aromatic N) is 3. The summed E-state index contributed by atoms with van der Waals surface area (Å²) in [7, 11) is 1.55. The van der Waals surface area contributed by atoms with Crippen LogP contribution in [0.4, 0.5) is 5.69 Å². The highest BCUT2D eigenvalue weighted by molar-refractivity contribution is 5.73. The molecule has 0 aliphatic carbocycles. The van der Waals surface area contributed by atoms with Crippen molar-refractivity contribution >= 4 is 11.7 Å². The van der Waals surface area contributed by atoms with Crippen molar-refractivity contribution in [3.63, 3.8) is 0 Å². The Hall–Kier alpha value is -3.75. The number of carbonyl (C=O) groups excluding carboxylic acids is 1. The quantitative estimate of drug-likeness (QED) is 0.346. The van der Waals surface area contributed by atoms with Gasteiger partial charge in [-0.15, -0.1) is 10.2 Å². The third-order valence-electron chi connectivity index (χ3n) is 3.90. The van der Waals surface area contributed by atoms with Gasteiger partial charge in [-0.3, -0.25) is 14.9 Å². The van der Waals surface area contributed by atoms with Gasteiger partial charge < -0.3 is 13.9 Å². The van der Waals surface area contributed by atoms with Crippen molar-refractivity contribution in [1.82, 2.24) is 10.2 Å². The Bertz CT molecular complexity index is 983. The molecule has 0 fully saturated rings. The van der Waals surface area contributed by atoms with Crippen LogP contribution in [0.15, 0.2) is 52.9 Å². The highest BCUT2D eigenvalue weighted by atomic mass is 16.6. The lowest BCUT2D eigenvalue weighted by Crippen LogP contribution is -2.11. The number of non-ortho nitro benzene ring substituents is 1. The topological polar surface area (TPSA) is 118 Å². The fourth-order valence-corrected chi connectivity index (χ4v) is 2.48. The number of carbonyl (C=O) groups is 1. The summed E-state index contributed by atoms with van der Waals surface area (Å²) in [5.41, 5.74) is 1.25. The predicted octanol–water partition coefficient (Wildman–Crippen LogP) is 3.50. The lowest BCUT2D eigenvalue weighted by molar-refractivity contribution is -0.384. The molecular formula is C19H17N3O6. The molecule has 144 valence electrons. The minimum atomic E-state index is -0.739. The maximum absolute atomic E-state index is 12.2. The number of benzene rings is 2. The normalized spacial score (nSPS) is 11.6. The second kappa shape index (κ2) is 8.30. The molecule has 3 aromatic rings. The van der Waals surface area contributed by atoms with Crippen LogP contribution in [0, 0.1) is 10.1 Å². The van der Waals surface area contributed by atoms with Crippen molar-refractivity contribution in [2.45, 2.75) is 19.4 Å². The van der Waals surface area contributed by atoms with E-state index in [1.54, 1.807) is 38.3 Å². The number of nitro groups is 1. The van der Waals surface area contributed by atoms with E-state index in [1.165, 1.54) is 24.3 Å². The van der Waals surface area contributed by atoms with E-state index in [2.05, 4.69) is 10.2 Å². The number of aromatic nitrogens is 2. The first-order valence-electron chi connectivity index (χ1n) is 8.37. The first-order valence-corrected chi connectivity index (χ1v) is 8.37. The van der Waals surface area contributed by atoms with E-state index in [1.807, 2.05) is 0 Å². The van der Waals surface area contributed by atoms with Crippen molar-refractivity contribution in [3.05, 3.63) is 70.1 Å². The lowest BCUT2D eigenvalue weighted by Gasteiger charge is -2.10. The van der Waals surface area contributed by atoms with Crippen molar-refractivity contribution in [2.24, 2.45) is 0 Å². The average Bonchev–Trinajstić information content (AvgIpc) is 3.18. The zero-order valence-electron chi connectivity index (χ0n) is 15.2. The Balaban J connectivity index is 1.64. The molecule has 0 aliphatic rings. The molecule has 0 radical (unpaired) electrons. The molecule has 1 atom stereocenters. The molecule has 0 amide bonds. The van der Waals surface area contributed by atoms with Crippen LogP contribution >= 0.6 is 0 Å². The highest BCUT2D eigenvalue weighted by Crippen LogP contribution is 2.24. The number of rotatable bonds is 7. The van der Waals surface area contributed by atoms with Crippen LogP contribution in [0.5, 0.6) is 5.75 Å². The van der Waals surface area contributed by atoms with Crippen LogP contribution in [0.3, 0.4) is 0 Å². The lowest BCUT2D eigenvalue weighted by atomic mass is 10.1. The van der Waals surface area contributed by atoms with E-state index in [-0.39, 0.29) is 23.9 Å². The summed E-state index contributed by atoms with van der Waals surface area (Å²) in [6, 6.07) is 12.8. The van der Waals surface area contributed by atoms with Crippen LogP contribution in [-0.4, -0.2) is 28.2 Å². The van der Waals surface area contributed by atoms with Crippen LogP contribution in [0.25, 0.3) is 11.5 Å². The molecule has 1 heterocycles. The Morgan fingerprint density at radius 3 is 2.64 bits per heavy atom. The minimum absolute atomic E-state index is 0.0386. The Morgan fingerprint density at radius 1 is 1.21 bits per heavy atom. The minimum Gasteiger partial charge on any atom is -0.497 e. The monoisotopic (exact) mass is 383 g/mol. The van der Waals surface area contributed by atoms with Gasteiger partial charge in [0.25, 0.3) is 11.6 Å².